The Kier molecular flexibility index (Phi) is 6.42. The van der Waals surface area contributed by atoms with Gasteiger partial charge in [0.1, 0.15) is 6.10 Å². The van der Waals surface area contributed by atoms with Crippen molar-refractivity contribution in [2.45, 2.75) is 36.0 Å². The Balaban J connectivity index is 1.84. The second kappa shape index (κ2) is 8.80. The van der Waals surface area contributed by atoms with E-state index in [0.29, 0.717) is 30.1 Å². The summed E-state index contributed by atoms with van der Waals surface area (Å²) < 4.78 is 29.7. The Labute approximate surface area is 167 Å². The molecule has 0 bridgehead atoms. The summed E-state index contributed by atoms with van der Waals surface area (Å²) in [5.41, 5.74) is 0.460. The number of aromatic nitrogens is 1. The minimum Gasteiger partial charge on any atom is -0.390 e. The first-order chi connectivity index (χ1) is 13.4. The van der Waals surface area contributed by atoms with Crippen molar-refractivity contribution in [2.75, 3.05) is 19.0 Å². The fraction of sp³-hybridized carbons (Fsp3) is 0.389. The minimum atomic E-state index is -3.30. The van der Waals surface area contributed by atoms with Crippen molar-refractivity contribution in [1.29, 1.82) is 0 Å². The van der Waals surface area contributed by atoms with Gasteiger partial charge in [-0.25, -0.2) is 13.4 Å². The van der Waals surface area contributed by atoms with E-state index in [4.69, 9.17) is 9.57 Å². The van der Waals surface area contributed by atoms with Gasteiger partial charge in [0.2, 0.25) is 0 Å². The van der Waals surface area contributed by atoms with Crippen molar-refractivity contribution in [2.24, 2.45) is 5.16 Å². The summed E-state index contributed by atoms with van der Waals surface area (Å²) in [5.74, 6) is -0.502. The highest BCUT2D eigenvalue weighted by Gasteiger charge is 2.36. The van der Waals surface area contributed by atoms with Gasteiger partial charge in [-0.15, -0.1) is 11.3 Å². The van der Waals surface area contributed by atoms with Crippen molar-refractivity contribution in [3.63, 3.8) is 0 Å². The number of amides is 1. The van der Waals surface area contributed by atoms with Gasteiger partial charge in [0, 0.05) is 24.3 Å². The monoisotopic (exact) mass is 423 g/mol. The average molecular weight is 424 g/mol. The average Bonchev–Trinajstić information content (AvgIpc) is 3.42. The predicted octanol–water partition coefficient (Wildman–Crippen LogP) is 2.47. The molecule has 8 nitrogen and oxygen atoms in total. The lowest BCUT2D eigenvalue weighted by Crippen LogP contribution is -2.25. The molecule has 1 N–H and O–H groups in total. The number of thiazole rings is 1. The lowest BCUT2D eigenvalue weighted by molar-refractivity contribution is -0.110. The fourth-order valence-electron chi connectivity index (χ4n) is 2.45. The lowest BCUT2D eigenvalue weighted by Gasteiger charge is -2.11. The van der Waals surface area contributed by atoms with E-state index in [-0.39, 0.29) is 22.0 Å². The number of carbonyl (C=O) groups excluding carboxylic acids is 1. The Bertz CT molecular complexity index is 936. The molecule has 1 saturated carbocycles. The minimum absolute atomic E-state index is 0.0218. The number of methoxy groups -OCH3 is 1. The molecule has 1 atom stereocenters. The second-order valence-electron chi connectivity index (χ2n) is 6.37. The second-order valence-corrected chi connectivity index (χ2v) is 9.49. The molecule has 0 saturated heterocycles. The van der Waals surface area contributed by atoms with Crippen LogP contribution in [0.15, 0.2) is 45.9 Å². The molecule has 1 aliphatic rings. The predicted molar refractivity (Wildman–Crippen MR) is 106 cm³/mol. The standard InChI is InChI=1S/C18H21N3O5S2/c1-12(11-25-2)26-21-16(17(22)20-18-19-9-10-27-18)13-3-5-14(6-4-13)28(23,24)15-7-8-15/h3-6,9-10,12,15H,7-8,11H2,1-2H3,(H,19,20,22)/t12-/m0/s1. The van der Waals surface area contributed by atoms with Gasteiger partial charge in [0.15, 0.2) is 20.7 Å². The van der Waals surface area contributed by atoms with Gasteiger partial charge < -0.3 is 9.57 Å². The van der Waals surface area contributed by atoms with E-state index in [1.807, 2.05) is 0 Å². The Morgan fingerprint density at radius 1 is 1.36 bits per heavy atom. The third-order valence-corrected chi connectivity index (χ3v) is 6.98. The molecule has 1 aliphatic carbocycles. The zero-order valence-electron chi connectivity index (χ0n) is 15.5. The largest absolute Gasteiger partial charge is 0.390 e. The highest BCUT2D eigenvalue weighted by atomic mass is 32.2. The van der Waals surface area contributed by atoms with Crippen molar-refractivity contribution >= 4 is 37.9 Å². The number of nitrogens with one attached hydrogen (secondary N) is 1. The maximum Gasteiger partial charge on any atom is 0.280 e. The molecule has 0 spiro atoms. The van der Waals surface area contributed by atoms with Crippen LogP contribution >= 0.6 is 11.3 Å². The van der Waals surface area contributed by atoms with Gasteiger partial charge in [0.05, 0.1) is 16.8 Å². The maximum atomic E-state index is 12.7. The van der Waals surface area contributed by atoms with Crippen LogP contribution in [-0.2, 0) is 24.2 Å². The summed E-state index contributed by atoms with van der Waals surface area (Å²) in [6.45, 7) is 2.07. The van der Waals surface area contributed by atoms with E-state index in [1.54, 1.807) is 37.7 Å². The zero-order chi connectivity index (χ0) is 20.1. The lowest BCUT2D eigenvalue weighted by atomic mass is 10.1. The highest BCUT2D eigenvalue weighted by molar-refractivity contribution is 7.92. The molecule has 1 heterocycles. The number of benzene rings is 1. The number of oxime groups is 1. The summed E-state index contributed by atoms with van der Waals surface area (Å²) >= 11 is 1.27. The van der Waals surface area contributed by atoms with Gasteiger partial charge in [-0.3, -0.25) is 10.1 Å². The van der Waals surface area contributed by atoms with E-state index in [1.165, 1.54) is 23.5 Å². The van der Waals surface area contributed by atoms with E-state index in [0.717, 1.165) is 0 Å². The van der Waals surface area contributed by atoms with Crippen LogP contribution in [0, 0.1) is 0 Å². The van der Waals surface area contributed by atoms with E-state index < -0.39 is 15.7 Å². The number of anilines is 1. The van der Waals surface area contributed by atoms with Gasteiger partial charge >= 0.3 is 0 Å². The molecule has 3 rings (SSSR count). The molecule has 2 aromatic rings. The molecule has 0 aliphatic heterocycles. The van der Waals surface area contributed by atoms with E-state index >= 15 is 0 Å². The molecule has 0 unspecified atom stereocenters. The first-order valence-electron chi connectivity index (χ1n) is 8.69. The van der Waals surface area contributed by atoms with Crippen LogP contribution in [-0.4, -0.2) is 50.1 Å². The third-order valence-electron chi connectivity index (χ3n) is 4.01. The molecule has 0 radical (unpaired) electrons. The van der Waals surface area contributed by atoms with Crippen LogP contribution in [0.3, 0.4) is 0 Å². The Morgan fingerprint density at radius 2 is 2.07 bits per heavy atom. The number of rotatable bonds is 9. The zero-order valence-corrected chi connectivity index (χ0v) is 17.1. The molecule has 10 heteroatoms. The van der Waals surface area contributed by atoms with E-state index in [9.17, 15) is 13.2 Å². The molecule has 1 aromatic heterocycles. The van der Waals surface area contributed by atoms with Crippen LogP contribution in [0.2, 0.25) is 0 Å². The van der Waals surface area contributed by atoms with E-state index in [2.05, 4.69) is 15.5 Å². The number of hydrogen-bond donors (Lipinski definition) is 1. The van der Waals surface area contributed by atoms with Crippen LogP contribution in [0.5, 0.6) is 0 Å². The molecule has 28 heavy (non-hydrogen) atoms. The normalized spacial score (nSPS) is 15.9. The fourth-order valence-corrected chi connectivity index (χ4v) is 4.63. The van der Waals surface area contributed by atoms with Crippen LogP contribution < -0.4 is 5.32 Å². The van der Waals surface area contributed by atoms with Crippen molar-refractivity contribution in [1.82, 2.24) is 4.98 Å². The summed E-state index contributed by atoms with van der Waals surface area (Å²) in [7, 11) is -1.76. The summed E-state index contributed by atoms with van der Waals surface area (Å²) in [4.78, 5) is 22.3. The molecular formula is C18H21N3O5S2. The smallest absolute Gasteiger partial charge is 0.280 e. The number of sulfone groups is 1. The third kappa shape index (κ3) is 4.94. The number of nitrogens with zero attached hydrogens (tertiary/aromatic N) is 2. The topological polar surface area (TPSA) is 107 Å². The first kappa shape index (κ1) is 20.4. The quantitative estimate of drug-likeness (QED) is 0.490. The molecule has 1 aromatic carbocycles. The number of hydrogen-bond acceptors (Lipinski definition) is 8. The molecular weight excluding hydrogens is 402 g/mol. The first-order valence-corrected chi connectivity index (χ1v) is 11.1. The maximum absolute atomic E-state index is 12.7. The Hall–Kier alpha value is -2.30. The number of ether oxygens (including phenoxy) is 1. The van der Waals surface area contributed by atoms with Gasteiger partial charge in [0.25, 0.3) is 5.91 Å². The highest BCUT2D eigenvalue weighted by Crippen LogP contribution is 2.33. The van der Waals surface area contributed by atoms with Gasteiger partial charge in [-0.1, -0.05) is 17.3 Å². The van der Waals surface area contributed by atoms with Crippen LogP contribution in [0.25, 0.3) is 0 Å². The molecule has 1 fully saturated rings. The number of carbonyl (C=O) groups is 1. The van der Waals surface area contributed by atoms with Crippen LogP contribution in [0.4, 0.5) is 5.13 Å². The van der Waals surface area contributed by atoms with Gasteiger partial charge in [-0.2, -0.15) is 0 Å². The van der Waals surface area contributed by atoms with Gasteiger partial charge in [-0.05, 0) is 31.9 Å². The van der Waals surface area contributed by atoms with Crippen molar-refractivity contribution in [3.05, 3.63) is 41.4 Å². The molecule has 150 valence electrons. The summed E-state index contributed by atoms with van der Waals surface area (Å²) in [5, 5.41) is 8.51. The van der Waals surface area contributed by atoms with Crippen LogP contribution in [0.1, 0.15) is 25.3 Å². The summed E-state index contributed by atoms with van der Waals surface area (Å²) in [6.07, 6.45) is 2.60. The molecule has 1 amide bonds. The summed E-state index contributed by atoms with van der Waals surface area (Å²) in [6, 6.07) is 6.10. The van der Waals surface area contributed by atoms with Crippen molar-refractivity contribution < 1.29 is 22.8 Å². The SMILES string of the molecule is COC[C@H](C)ON=C(C(=O)Nc1nccs1)c1ccc(S(=O)(=O)C2CC2)cc1. The van der Waals surface area contributed by atoms with Crippen molar-refractivity contribution in [3.8, 4) is 0 Å². The Morgan fingerprint density at radius 3 is 2.64 bits per heavy atom.